The number of aliphatic imine (C=N–C) groups is 1. The molecule has 1 atom stereocenters. The van der Waals surface area contributed by atoms with Gasteiger partial charge in [0.2, 0.25) is 6.08 Å². The van der Waals surface area contributed by atoms with E-state index in [1.165, 1.54) is 6.08 Å². The molecule has 6 heteroatoms. The predicted octanol–water partition coefficient (Wildman–Crippen LogP) is 1.05. The molecule has 0 spiro atoms. The Bertz CT molecular complexity index is 301. The molecule has 0 amide bonds. The fourth-order valence-electron chi connectivity index (χ4n) is 1.42. The average molecular weight is 244 g/mol. The number of unbranched alkanes of at least 4 members (excludes halogenated alkanes) is 1. The van der Waals surface area contributed by atoms with Crippen molar-refractivity contribution < 1.29 is 19.4 Å². The van der Waals surface area contributed by atoms with Crippen LogP contribution in [0.1, 0.15) is 40.0 Å². The van der Waals surface area contributed by atoms with Crippen molar-refractivity contribution >= 4 is 12.0 Å². The summed E-state index contributed by atoms with van der Waals surface area (Å²) in [4.78, 5) is 25.0. The van der Waals surface area contributed by atoms with E-state index in [0.29, 0.717) is 19.4 Å². The van der Waals surface area contributed by atoms with Crippen LogP contribution in [0.15, 0.2) is 4.99 Å². The van der Waals surface area contributed by atoms with Crippen molar-refractivity contribution in [1.29, 1.82) is 0 Å². The highest BCUT2D eigenvalue weighted by Crippen LogP contribution is 2.27. The largest absolute Gasteiger partial charge is 0.478 e. The van der Waals surface area contributed by atoms with Crippen molar-refractivity contribution in [3.05, 3.63) is 0 Å². The van der Waals surface area contributed by atoms with Gasteiger partial charge in [-0.05, 0) is 40.2 Å². The molecule has 0 saturated carbocycles. The van der Waals surface area contributed by atoms with E-state index in [-0.39, 0.29) is 6.42 Å². The van der Waals surface area contributed by atoms with Gasteiger partial charge in [0, 0.05) is 6.42 Å². The number of hydrogen-bond donors (Lipinski definition) is 2. The molecule has 17 heavy (non-hydrogen) atoms. The second kappa shape index (κ2) is 6.49. The maximum absolute atomic E-state index is 11.3. The van der Waals surface area contributed by atoms with Gasteiger partial charge < -0.3 is 15.6 Å². The third-order valence-corrected chi connectivity index (χ3v) is 2.01. The Kier molecular flexibility index (Phi) is 6.02. The highest BCUT2D eigenvalue weighted by Gasteiger charge is 2.42. The third kappa shape index (κ3) is 5.58. The number of nitrogens with two attached hydrogens (primary N) is 1. The van der Waals surface area contributed by atoms with Crippen LogP contribution in [0, 0.1) is 0 Å². The average Bonchev–Trinajstić information content (AvgIpc) is 2.15. The minimum Gasteiger partial charge on any atom is -0.478 e. The molecule has 0 saturated heterocycles. The zero-order valence-corrected chi connectivity index (χ0v) is 10.5. The van der Waals surface area contributed by atoms with Crippen LogP contribution in [-0.4, -0.2) is 35.0 Å². The smallest absolute Gasteiger partial charge is 0.360 e. The molecule has 0 heterocycles. The number of rotatable bonds is 7. The minimum atomic E-state index is -1.85. The van der Waals surface area contributed by atoms with Crippen molar-refractivity contribution in [2.75, 3.05) is 6.54 Å². The highest BCUT2D eigenvalue weighted by atomic mass is 16.6. The Labute approximate surface area is 101 Å². The quantitative estimate of drug-likeness (QED) is 0.396. The van der Waals surface area contributed by atoms with E-state index in [9.17, 15) is 14.7 Å². The topological polar surface area (TPSA) is 102 Å². The summed E-state index contributed by atoms with van der Waals surface area (Å²) < 4.78 is 5.40. The second-order valence-corrected chi connectivity index (χ2v) is 4.75. The van der Waals surface area contributed by atoms with Crippen LogP contribution in [-0.2, 0) is 14.3 Å². The van der Waals surface area contributed by atoms with Crippen LogP contribution >= 0.6 is 0 Å². The number of carboxylic acids is 1. The summed E-state index contributed by atoms with van der Waals surface area (Å²) in [6.45, 7) is 5.56. The van der Waals surface area contributed by atoms with E-state index in [1.807, 2.05) is 0 Å². The number of ether oxygens (including phenoxy) is 1. The molecule has 0 aromatic carbocycles. The Balaban J connectivity index is 5.00. The van der Waals surface area contributed by atoms with E-state index in [4.69, 9.17) is 10.5 Å². The Hall–Kier alpha value is -1.23. The molecule has 0 radical (unpaired) electrons. The van der Waals surface area contributed by atoms with Crippen LogP contribution in [0.5, 0.6) is 0 Å². The first kappa shape index (κ1) is 15.8. The van der Waals surface area contributed by atoms with Gasteiger partial charge in [0.15, 0.2) is 0 Å². The lowest BCUT2D eigenvalue weighted by atomic mass is 10.0. The number of carbonyl (C=O) groups is 1. The Morgan fingerprint density at radius 1 is 1.41 bits per heavy atom. The van der Waals surface area contributed by atoms with Crippen molar-refractivity contribution in [2.45, 2.75) is 51.4 Å². The number of hydrogen-bond acceptors (Lipinski definition) is 5. The van der Waals surface area contributed by atoms with Crippen molar-refractivity contribution in [3.8, 4) is 0 Å². The maximum atomic E-state index is 11.3. The lowest BCUT2D eigenvalue weighted by molar-refractivity contribution is -0.184. The Morgan fingerprint density at radius 3 is 2.35 bits per heavy atom. The van der Waals surface area contributed by atoms with Gasteiger partial charge in [-0.1, -0.05) is 0 Å². The standard InChI is InChI=1S/C11H20N2O4/c1-10(2,3)17-11(9(15)16,13-8-14)6-4-5-7-12/h4-7,12H2,1-3H3,(H,15,16)/t11-/m1/s1. The van der Waals surface area contributed by atoms with Crippen LogP contribution in [0.25, 0.3) is 0 Å². The third-order valence-electron chi connectivity index (χ3n) is 2.01. The van der Waals surface area contributed by atoms with E-state index in [2.05, 4.69) is 4.99 Å². The van der Waals surface area contributed by atoms with Gasteiger partial charge in [-0.25, -0.2) is 9.59 Å². The molecule has 0 aliphatic carbocycles. The molecule has 0 rings (SSSR count). The number of aliphatic carboxylic acids is 1. The normalized spacial score (nSPS) is 14.8. The fraction of sp³-hybridized carbons (Fsp3) is 0.818. The SMILES string of the molecule is CC(C)(C)O[C@@](CCCCN)(N=C=O)C(=O)O. The molecule has 0 aromatic heterocycles. The first-order chi connectivity index (χ1) is 7.77. The lowest BCUT2D eigenvalue weighted by Crippen LogP contribution is -2.45. The molecule has 0 fully saturated rings. The monoisotopic (exact) mass is 244 g/mol. The van der Waals surface area contributed by atoms with Gasteiger partial charge in [-0.2, -0.15) is 4.99 Å². The highest BCUT2D eigenvalue weighted by molar-refractivity contribution is 5.78. The number of carbonyl (C=O) groups excluding carboxylic acids is 1. The summed E-state index contributed by atoms with van der Waals surface area (Å²) in [6.07, 6.45) is 2.55. The maximum Gasteiger partial charge on any atom is 0.360 e. The lowest BCUT2D eigenvalue weighted by Gasteiger charge is -2.31. The number of nitrogens with zero attached hydrogens (tertiary/aromatic N) is 1. The van der Waals surface area contributed by atoms with Gasteiger partial charge in [-0.3, -0.25) is 0 Å². The van der Waals surface area contributed by atoms with Crippen LogP contribution < -0.4 is 5.73 Å². The van der Waals surface area contributed by atoms with Gasteiger partial charge in [0.25, 0.3) is 5.72 Å². The first-order valence-corrected chi connectivity index (χ1v) is 5.50. The van der Waals surface area contributed by atoms with E-state index in [0.717, 1.165) is 0 Å². The Morgan fingerprint density at radius 2 is 2.00 bits per heavy atom. The molecule has 0 aliphatic rings. The van der Waals surface area contributed by atoms with Crippen LogP contribution in [0.3, 0.4) is 0 Å². The summed E-state index contributed by atoms with van der Waals surface area (Å²) in [7, 11) is 0. The zero-order valence-electron chi connectivity index (χ0n) is 10.5. The summed E-state index contributed by atoms with van der Waals surface area (Å²) in [6, 6.07) is 0. The molecule has 0 unspecified atom stereocenters. The second-order valence-electron chi connectivity index (χ2n) is 4.75. The van der Waals surface area contributed by atoms with E-state index < -0.39 is 17.3 Å². The molecule has 0 aromatic rings. The van der Waals surface area contributed by atoms with E-state index >= 15 is 0 Å². The van der Waals surface area contributed by atoms with Crippen LogP contribution in [0.2, 0.25) is 0 Å². The van der Waals surface area contributed by atoms with E-state index in [1.54, 1.807) is 20.8 Å². The van der Waals surface area contributed by atoms with Crippen molar-refractivity contribution in [2.24, 2.45) is 10.7 Å². The summed E-state index contributed by atoms with van der Waals surface area (Å²) in [5.74, 6) is -1.28. The van der Waals surface area contributed by atoms with Crippen LogP contribution in [0.4, 0.5) is 0 Å². The number of isocyanates is 1. The molecule has 0 aliphatic heterocycles. The summed E-state index contributed by atoms with van der Waals surface area (Å²) >= 11 is 0. The molecule has 6 nitrogen and oxygen atoms in total. The molecular formula is C11H20N2O4. The summed E-state index contributed by atoms with van der Waals surface area (Å²) in [5.41, 5.74) is 2.77. The fourth-order valence-corrected chi connectivity index (χ4v) is 1.42. The molecule has 3 N–H and O–H groups in total. The van der Waals surface area contributed by atoms with Gasteiger partial charge >= 0.3 is 5.97 Å². The van der Waals surface area contributed by atoms with Crippen molar-refractivity contribution in [3.63, 3.8) is 0 Å². The number of carboxylic acid groups (broad SMARTS) is 1. The molecular weight excluding hydrogens is 224 g/mol. The molecule has 98 valence electrons. The van der Waals surface area contributed by atoms with Gasteiger partial charge in [0.1, 0.15) is 0 Å². The molecule has 0 bridgehead atoms. The first-order valence-electron chi connectivity index (χ1n) is 5.50. The van der Waals surface area contributed by atoms with Gasteiger partial charge in [-0.15, -0.1) is 0 Å². The predicted molar refractivity (Wildman–Crippen MR) is 62.2 cm³/mol. The minimum absolute atomic E-state index is 0.103. The van der Waals surface area contributed by atoms with Gasteiger partial charge in [0.05, 0.1) is 5.60 Å². The zero-order chi connectivity index (χ0) is 13.5. The van der Waals surface area contributed by atoms with Crippen molar-refractivity contribution in [1.82, 2.24) is 0 Å². The summed E-state index contributed by atoms with van der Waals surface area (Å²) in [5, 5.41) is 9.19.